The third kappa shape index (κ3) is 4.94. The van der Waals surface area contributed by atoms with E-state index in [4.69, 9.17) is 4.74 Å². The molecule has 2 aromatic rings. The molecule has 5 nitrogen and oxygen atoms in total. The Labute approximate surface area is 218 Å². The lowest BCUT2D eigenvalue weighted by molar-refractivity contribution is 0.122. The molecule has 176 valence electrons. The molecule has 2 fully saturated rings. The average molecular weight is 577 g/mol. The number of piperidine rings is 1. The van der Waals surface area contributed by atoms with E-state index in [1.54, 1.807) is 0 Å². The number of halogens is 1. The molecule has 2 aromatic carbocycles. The zero-order valence-electron chi connectivity index (χ0n) is 19.5. The molecule has 0 spiro atoms. The number of nitrogens with one attached hydrogen (secondary N) is 1. The van der Waals surface area contributed by atoms with Crippen molar-refractivity contribution in [3.63, 3.8) is 0 Å². The number of anilines is 4. The van der Waals surface area contributed by atoms with E-state index in [1.807, 2.05) is 11.8 Å². The predicted octanol–water partition coefficient (Wildman–Crippen LogP) is 6.21. The van der Waals surface area contributed by atoms with Gasteiger partial charge in [0.05, 0.1) is 30.7 Å². The molecular weight excluding hydrogens is 543 g/mol. The molecule has 3 aliphatic heterocycles. The van der Waals surface area contributed by atoms with Gasteiger partial charge in [0, 0.05) is 53.3 Å². The van der Waals surface area contributed by atoms with E-state index in [1.165, 1.54) is 43.7 Å². The number of nitriles is 1. The number of rotatable bonds is 4. The summed E-state index contributed by atoms with van der Waals surface area (Å²) in [5, 5.41) is 13.1. The van der Waals surface area contributed by atoms with Gasteiger partial charge in [0.25, 0.3) is 0 Å². The number of fused-ring (bicyclic) bond motifs is 2. The Bertz CT molecular complexity index is 1040. The minimum absolute atomic E-state index is 0. The second-order valence-corrected chi connectivity index (χ2v) is 9.96. The molecule has 0 unspecified atom stereocenters. The van der Waals surface area contributed by atoms with Gasteiger partial charge in [-0.3, -0.25) is 0 Å². The highest BCUT2D eigenvalue weighted by Crippen LogP contribution is 2.50. The van der Waals surface area contributed by atoms with E-state index in [0.29, 0.717) is 0 Å². The van der Waals surface area contributed by atoms with Crippen LogP contribution < -0.4 is 15.1 Å². The van der Waals surface area contributed by atoms with Crippen LogP contribution >= 0.6 is 35.7 Å². The lowest BCUT2D eigenvalue weighted by Crippen LogP contribution is -2.36. The summed E-state index contributed by atoms with van der Waals surface area (Å²) in [7, 11) is 0. The maximum Gasteiger partial charge on any atom is 0.0657 e. The molecule has 33 heavy (non-hydrogen) atoms. The minimum Gasteiger partial charge on any atom is -0.378 e. The Morgan fingerprint density at radius 3 is 1.91 bits per heavy atom. The van der Waals surface area contributed by atoms with Crippen LogP contribution in [0.2, 0.25) is 0 Å². The van der Waals surface area contributed by atoms with Crippen molar-refractivity contribution < 1.29 is 4.74 Å². The number of aryl methyl sites for hydroxylation is 2. The molecule has 3 heterocycles. The lowest BCUT2D eigenvalue weighted by atomic mass is 9.97. The molecule has 0 saturated carbocycles. The van der Waals surface area contributed by atoms with Crippen molar-refractivity contribution in [2.75, 3.05) is 54.5 Å². The minimum atomic E-state index is 0. The average Bonchev–Trinajstić information content (AvgIpc) is 2.86. The predicted molar refractivity (Wildman–Crippen MR) is 148 cm³/mol. The fraction of sp³-hybridized carbons (Fsp3) is 0.500. The molecule has 7 heteroatoms. The Hall–Kier alpha value is -1.63. The normalized spacial score (nSPS) is 18.0. The van der Waals surface area contributed by atoms with Crippen LogP contribution in [0.25, 0.3) is 0 Å². The molecular formula is C26H33IN4OS. The number of hydrogen-bond acceptors (Lipinski definition) is 6. The molecule has 0 bridgehead atoms. The van der Waals surface area contributed by atoms with E-state index >= 15 is 0 Å². The van der Waals surface area contributed by atoms with Crippen LogP contribution in [0.1, 0.15) is 37.8 Å². The number of ether oxygens (including phenoxy) is 1. The number of benzene rings is 2. The van der Waals surface area contributed by atoms with Crippen molar-refractivity contribution in [2.24, 2.45) is 5.92 Å². The van der Waals surface area contributed by atoms with E-state index in [9.17, 15) is 5.26 Å². The van der Waals surface area contributed by atoms with Crippen molar-refractivity contribution in [1.29, 1.82) is 5.26 Å². The highest BCUT2D eigenvalue weighted by molar-refractivity contribution is 14.0. The first kappa shape index (κ1) is 24.5. The molecule has 5 rings (SSSR count). The Morgan fingerprint density at radius 2 is 1.42 bits per heavy atom. The molecule has 0 atom stereocenters. The van der Waals surface area contributed by atoms with Gasteiger partial charge in [0.15, 0.2) is 0 Å². The van der Waals surface area contributed by atoms with Crippen molar-refractivity contribution in [3.8, 4) is 6.07 Å². The molecule has 0 amide bonds. The largest absolute Gasteiger partial charge is 0.378 e. The van der Waals surface area contributed by atoms with Crippen LogP contribution in [0.4, 0.5) is 22.7 Å². The van der Waals surface area contributed by atoms with Gasteiger partial charge in [-0.2, -0.15) is 5.26 Å². The summed E-state index contributed by atoms with van der Waals surface area (Å²) in [6, 6.07) is 11.9. The quantitative estimate of drug-likeness (QED) is 0.373. The van der Waals surface area contributed by atoms with Crippen LogP contribution in [0.5, 0.6) is 0 Å². The van der Waals surface area contributed by atoms with Gasteiger partial charge >= 0.3 is 0 Å². The maximum atomic E-state index is 9.25. The molecule has 1 N–H and O–H groups in total. The van der Waals surface area contributed by atoms with Crippen LogP contribution in [-0.4, -0.2) is 39.4 Å². The smallest absolute Gasteiger partial charge is 0.0657 e. The summed E-state index contributed by atoms with van der Waals surface area (Å²) in [5.41, 5.74) is 7.92. The third-order valence-electron chi connectivity index (χ3n) is 6.99. The molecule has 2 saturated heterocycles. The molecule has 0 aromatic heterocycles. The van der Waals surface area contributed by atoms with Gasteiger partial charge in [0.1, 0.15) is 0 Å². The Kier molecular flexibility index (Phi) is 7.98. The number of hydrogen-bond donors (Lipinski definition) is 1. The summed E-state index contributed by atoms with van der Waals surface area (Å²) >= 11 is 1.90. The van der Waals surface area contributed by atoms with E-state index in [0.717, 1.165) is 65.1 Å². The van der Waals surface area contributed by atoms with Crippen molar-refractivity contribution in [1.82, 2.24) is 0 Å². The summed E-state index contributed by atoms with van der Waals surface area (Å²) in [4.78, 5) is 7.55. The summed E-state index contributed by atoms with van der Waals surface area (Å²) in [6.45, 7) is 9.95. The van der Waals surface area contributed by atoms with Crippen LogP contribution in [0.15, 0.2) is 34.1 Å². The van der Waals surface area contributed by atoms with Gasteiger partial charge in [-0.05, 0) is 61.1 Å². The fourth-order valence-corrected chi connectivity index (χ4v) is 6.18. The summed E-state index contributed by atoms with van der Waals surface area (Å²) in [6.07, 6.45) is 3.94. The standard InChI is InChI=1S/C26H32N4OS.HI/c1-3-19-13-21(29-7-5-18(17-27)6-8-29)15-23-25(19)28-26-20(4-2)14-22(16-24(26)32-23)30-9-11-31-12-10-30;/h13-16,18,28H,3-12H2,1-2H3;1H. The first-order valence-corrected chi connectivity index (χ1v) is 12.8. The van der Waals surface area contributed by atoms with Gasteiger partial charge in [-0.1, -0.05) is 25.6 Å². The first-order valence-electron chi connectivity index (χ1n) is 12.0. The third-order valence-corrected chi connectivity index (χ3v) is 8.07. The van der Waals surface area contributed by atoms with E-state index < -0.39 is 0 Å². The lowest BCUT2D eigenvalue weighted by Gasteiger charge is -2.34. The van der Waals surface area contributed by atoms with Crippen molar-refractivity contribution in [2.45, 2.75) is 49.3 Å². The highest BCUT2D eigenvalue weighted by atomic mass is 127. The zero-order valence-corrected chi connectivity index (χ0v) is 22.7. The van der Waals surface area contributed by atoms with Gasteiger partial charge in [-0.25, -0.2) is 0 Å². The van der Waals surface area contributed by atoms with Gasteiger partial charge in [-0.15, -0.1) is 24.0 Å². The maximum absolute atomic E-state index is 9.25. The van der Waals surface area contributed by atoms with Crippen molar-refractivity contribution >= 4 is 58.5 Å². The molecule has 0 radical (unpaired) electrons. The summed E-state index contributed by atoms with van der Waals surface area (Å²) in [5.74, 6) is 0.212. The monoisotopic (exact) mass is 576 g/mol. The Balaban J connectivity index is 0.00000259. The van der Waals surface area contributed by atoms with Gasteiger partial charge < -0.3 is 19.9 Å². The SMILES string of the molecule is CCc1cc(N2CCOCC2)cc2c1Nc1c(CC)cc(N3CCC(C#N)CC3)cc1S2.I. The van der Waals surface area contributed by atoms with Gasteiger partial charge in [0.2, 0.25) is 0 Å². The van der Waals surface area contributed by atoms with Crippen molar-refractivity contribution in [3.05, 3.63) is 35.4 Å². The fourth-order valence-electron chi connectivity index (χ4n) is 5.01. The molecule has 3 aliphatic rings. The van der Waals surface area contributed by atoms with E-state index in [2.05, 4.69) is 59.3 Å². The molecule has 0 aliphatic carbocycles. The Morgan fingerprint density at radius 1 is 0.909 bits per heavy atom. The second kappa shape index (κ2) is 10.7. The van der Waals surface area contributed by atoms with Crippen LogP contribution in [0.3, 0.4) is 0 Å². The van der Waals surface area contributed by atoms with Crippen LogP contribution in [0, 0.1) is 17.2 Å². The number of morpholine rings is 1. The topological polar surface area (TPSA) is 51.5 Å². The zero-order chi connectivity index (χ0) is 22.1. The summed E-state index contributed by atoms with van der Waals surface area (Å²) < 4.78 is 5.57. The first-order chi connectivity index (χ1) is 15.7. The van der Waals surface area contributed by atoms with E-state index in [-0.39, 0.29) is 29.9 Å². The number of nitrogens with zero attached hydrogens (tertiary/aromatic N) is 3. The van der Waals surface area contributed by atoms with Crippen LogP contribution in [-0.2, 0) is 17.6 Å². The second-order valence-electron chi connectivity index (χ2n) is 8.88. The highest BCUT2D eigenvalue weighted by Gasteiger charge is 2.26.